The van der Waals surface area contributed by atoms with E-state index in [1.165, 1.54) is 0 Å². The molecule has 2 aliphatic heterocycles. The summed E-state index contributed by atoms with van der Waals surface area (Å²) >= 11 is 0. The summed E-state index contributed by atoms with van der Waals surface area (Å²) in [6, 6.07) is 0. The van der Waals surface area contributed by atoms with Crippen molar-refractivity contribution in [3.8, 4) is 0 Å². The highest BCUT2D eigenvalue weighted by atomic mass is 16.6. The Hall–Kier alpha value is -0.910. The highest BCUT2D eigenvalue weighted by molar-refractivity contribution is 5.85. The Bertz CT molecular complexity index is 283. The quantitative estimate of drug-likeness (QED) is 0.470. The highest BCUT2D eigenvalue weighted by Gasteiger charge is 2.30. The lowest BCUT2D eigenvalue weighted by Gasteiger charge is -2.20. The average Bonchev–Trinajstić information content (AvgIpc) is 3.12. The third-order valence-corrected chi connectivity index (χ3v) is 2.98. The van der Waals surface area contributed by atoms with Crippen LogP contribution < -0.4 is 0 Å². The van der Waals surface area contributed by atoms with Gasteiger partial charge in [0, 0.05) is 18.7 Å². The van der Waals surface area contributed by atoms with Gasteiger partial charge in [-0.1, -0.05) is 6.58 Å². The van der Waals surface area contributed by atoms with Gasteiger partial charge in [0.15, 0.2) is 0 Å². The van der Waals surface area contributed by atoms with Crippen LogP contribution in [0.4, 0.5) is 0 Å². The maximum absolute atomic E-state index is 10.6. The van der Waals surface area contributed by atoms with Gasteiger partial charge in [0.25, 0.3) is 0 Å². The van der Waals surface area contributed by atoms with Crippen molar-refractivity contribution in [2.45, 2.75) is 25.0 Å². The molecular weight excluding hydrogens is 222 g/mol. The number of epoxide rings is 2. The molecule has 2 aliphatic rings. The lowest BCUT2D eigenvalue weighted by molar-refractivity contribution is -0.132. The molecule has 2 unspecified atom stereocenters. The normalized spacial score (nSPS) is 25.9. The number of nitrogens with zero attached hydrogens (tertiary/aromatic N) is 1. The fraction of sp³-hybridized carbons (Fsp3) is 0.750. The van der Waals surface area contributed by atoms with E-state index in [1.807, 2.05) is 0 Å². The standard InChI is InChI=1S/C12H19NO4/c1-9(12(14)15)3-2-4-13(5-10-7-16-10)6-11-8-17-11/h10-11H,1-8H2,(H,14,15). The van der Waals surface area contributed by atoms with E-state index in [1.54, 1.807) is 0 Å². The van der Waals surface area contributed by atoms with Crippen LogP contribution in [0, 0.1) is 0 Å². The summed E-state index contributed by atoms with van der Waals surface area (Å²) in [4.78, 5) is 12.9. The second-order valence-electron chi connectivity index (χ2n) is 4.68. The second kappa shape index (κ2) is 5.62. The van der Waals surface area contributed by atoms with E-state index in [2.05, 4.69) is 11.5 Å². The van der Waals surface area contributed by atoms with Crippen molar-refractivity contribution in [1.82, 2.24) is 4.90 Å². The van der Waals surface area contributed by atoms with Crippen molar-refractivity contribution in [3.05, 3.63) is 12.2 Å². The van der Waals surface area contributed by atoms with Crippen LogP contribution in [0.5, 0.6) is 0 Å². The van der Waals surface area contributed by atoms with E-state index in [9.17, 15) is 4.79 Å². The number of hydrogen-bond acceptors (Lipinski definition) is 4. The molecule has 0 spiro atoms. The molecule has 2 saturated heterocycles. The molecule has 2 fully saturated rings. The molecule has 2 atom stereocenters. The van der Waals surface area contributed by atoms with Gasteiger partial charge in [-0.15, -0.1) is 0 Å². The van der Waals surface area contributed by atoms with Crippen LogP contribution in [-0.2, 0) is 14.3 Å². The summed E-state index contributed by atoms with van der Waals surface area (Å²) in [6.45, 7) is 7.97. The molecule has 17 heavy (non-hydrogen) atoms. The number of rotatable bonds is 9. The van der Waals surface area contributed by atoms with Crippen molar-refractivity contribution >= 4 is 5.97 Å². The molecule has 0 amide bonds. The van der Waals surface area contributed by atoms with Crippen molar-refractivity contribution < 1.29 is 19.4 Å². The Labute approximate surface area is 101 Å². The van der Waals surface area contributed by atoms with Gasteiger partial charge in [0.05, 0.1) is 25.4 Å². The van der Waals surface area contributed by atoms with Gasteiger partial charge in [-0.05, 0) is 19.4 Å². The van der Waals surface area contributed by atoms with Gasteiger partial charge in [0.1, 0.15) is 0 Å². The first-order valence-corrected chi connectivity index (χ1v) is 6.02. The first kappa shape index (κ1) is 12.5. The van der Waals surface area contributed by atoms with Gasteiger partial charge < -0.3 is 14.6 Å². The number of carbonyl (C=O) groups is 1. The molecule has 1 N–H and O–H groups in total. The van der Waals surface area contributed by atoms with Crippen LogP contribution in [0.1, 0.15) is 12.8 Å². The fourth-order valence-electron chi connectivity index (χ4n) is 1.80. The van der Waals surface area contributed by atoms with Gasteiger partial charge in [-0.2, -0.15) is 0 Å². The second-order valence-corrected chi connectivity index (χ2v) is 4.68. The van der Waals surface area contributed by atoms with E-state index >= 15 is 0 Å². The largest absolute Gasteiger partial charge is 0.478 e. The molecule has 96 valence electrons. The van der Waals surface area contributed by atoms with Crippen molar-refractivity contribution in [1.29, 1.82) is 0 Å². The average molecular weight is 241 g/mol. The minimum atomic E-state index is -0.896. The van der Waals surface area contributed by atoms with E-state index < -0.39 is 5.97 Å². The molecular formula is C12H19NO4. The molecule has 0 aliphatic carbocycles. The Balaban J connectivity index is 1.64. The van der Waals surface area contributed by atoms with Crippen molar-refractivity contribution in [2.24, 2.45) is 0 Å². The Morgan fingerprint density at radius 3 is 2.24 bits per heavy atom. The molecule has 5 heteroatoms. The van der Waals surface area contributed by atoms with E-state index in [0.717, 1.165) is 39.3 Å². The van der Waals surface area contributed by atoms with E-state index in [-0.39, 0.29) is 5.57 Å². The Kier molecular flexibility index (Phi) is 4.15. The number of carboxylic acids is 1. The SMILES string of the molecule is C=C(CCCN(CC1CO1)CC1CO1)C(=O)O. The van der Waals surface area contributed by atoms with Crippen molar-refractivity contribution in [3.63, 3.8) is 0 Å². The molecule has 2 heterocycles. The summed E-state index contributed by atoms with van der Waals surface area (Å²) in [7, 11) is 0. The molecule has 0 bridgehead atoms. The zero-order valence-corrected chi connectivity index (χ0v) is 9.93. The van der Waals surface area contributed by atoms with Gasteiger partial charge in [-0.3, -0.25) is 4.90 Å². The van der Waals surface area contributed by atoms with E-state index in [0.29, 0.717) is 18.6 Å². The molecule has 5 nitrogen and oxygen atoms in total. The van der Waals surface area contributed by atoms with Gasteiger partial charge >= 0.3 is 5.97 Å². The topological polar surface area (TPSA) is 65.6 Å². The number of carboxylic acid groups (broad SMARTS) is 1. The van der Waals surface area contributed by atoms with Crippen LogP contribution in [-0.4, -0.2) is 61.0 Å². The molecule has 0 aromatic heterocycles. The third kappa shape index (κ3) is 4.85. The smallest absolute Gasteiger partial charge is 0.330 e. The maximum Gasteiger partial charge on any atom is 0.330 e. The van der Waals surface area contributed by atoms with Crippen LogP contribution in [0.25, 0.3) is 0 Å². The molecule has 0 aromatic carbocycles. The van der Waals surface area contributed by atoms with Crippen LogP contribution in [0.3, 0.4) is 0 Å². The minimum absolute atomic E-state index is 0.287. The zero-order chi connectivity index (χ0) is 12.3. The summed E-state index contributed by atoms with van der Waals surface area (Å²) in [5.74, 6) is -0.896. The zero-order valence-electron chi connectivity index (χ0n) is 9.93. The number of hydrogen-bond donors (Lipinski definition) is 1. The molecule has 2 rings (SSSR count). The summed E-state index contributed by atoms with van der Waals surface area (Å²) in [6.07, 6.45) is 2.11. The first-order valence-electron chi connectivity index (χ1n) is 6.02. The monoisotopic (exact) mass is 241 g/mol. The number of ether oxygens (including phenoxy) is 2. The third-order valence-electron chi connectivity index (χ3n) is 2.98. The predicted octanol–water partition coefficient (Wildman–Crippen LogP) is 0.507. The van der Waals surface area contributed by atoms with Gasteiger partial charge in [0.2, 0.25) is 0 Å². The summed E-state index contributed by atoms with van der Waals surface area (Å²) < 4.78 is 10.4. The molecule has 0 saturated carbocycles. The Morgan fingerprint density at radius 2 is 1.82 bits per heavy atom. The molecule has 0 aromatic rings. The highest BCUT2D eigenvalue weighted by Crippen LogP contribution is 2.16. The first-order chi connectivity index (χ1) is 8.15. The van der Waals surface area contributed by atoms with Crippen LogP contribution in [0.2, 0.25) is 0 Å². The summed E-state index contributed by atoms with van der Waals surface area (Å²) in [5, 5.41) is 8.70. The van der Waals surface area contributed by atoms with Crippen molar-refractivity contribution in [2.75, 3.05) is 32.8 Å². The fourth-order valence-corrected chi connectivity index (χ4v) is 1.80. The van der Waals surface area contributed by atoms with Crippen LogP contribution in [0.15, 0.2) is 12.2 Å². The van der Waals surface area contributed by atoms with E-state index in [4.69, 9.17) is 14.6 Å². The molecule has 0 radical (unpaired) electrons. The Morgan fingerprint density at radius 1 is 1.29 bits per heavy atom. The predicted molar refractivity (Wildman–Crippen MR) is 61.9 cm³/mol. The summed E-state index contributed by atoms with van der Waals surface area (Å²) in [5.41, 5.74) is 0.287. The minimum Gasteiger partial charge on any atom is -0.478 e. The lowest BCUT2D eigenvalue weighted by atomic mass is 10.1. The van der Waals surface area contributed by atoms with Gasteiger partial charge in [-0.25, -0.2) is 4.79 Å². The lowest BCUT2D eigenvalue weighted by Crippen LogP contribution is -2.32. The van der Waals surface area contributed by atoms with Crippen LogP contribution >= 0.6 is 0 Å². The number of aliphatic carboxylic acids is 1. The maximum atomic E-state index is 10.6.